The number of fused-ring (bicyclic) bond motifs is 3. The largest absolute Gasteiger partial charge is 0.417 e. The van der Waals surface area contributed by atoms with E-state index in [0.717, 1.165) is 78.8 Å². The van der Waals surface area contributed by atoms with Crippen LogP contribution in [0.25, 0.3) is 33.5 Å². The second kappa shape index (κ2) is 28.5. The molecule has 7 heterocycles. The number of rotatable bonds is 12. The van der Waals surface area contributed by atoms with E-state index in [0.29, 0.717) is 68.3 Å². The lowest BCUT2D eigenvalue weighted by Gasteiger charge is -2.21. The summed E-state index contributed by atoms with van der Waals surface area (Å²) >= 11 is 0. The van der Waals surface area contributed by atoms with E-state index in [2.05, 4.69) is 46.1 Å². The van der Waals surface area contributed by atoms with Crippen molar-refractivity contribution in [2.75, 3.05) is 30.7 Å². The van der Waals surface area contributed by atoms with Crippen LogP contribution in [0.15, 0.2) is 225 Å². The van der Waals surface area contributed by atoms with Crippen LogP contribution in [0.1, 0.15) is 123 Å². The summed E-state index contributed by atoms with van der Waals surface area (Å²) in [4.78, 5) is 106. The van der Waals surface area contributed by atoms with Gasteiger partial charge in [0.15, 0.2) is 0 Å². The molecule has 8 aromatic carbocycles. The van der Waals surface area contributed by atoms with Crippen molar-refractivity contribution in [3.05, 3.63) is 292 Å². The quantitative estimate of drug-likeness (QED) is 0.0893. The Labute approximate surface area is 616 Å². The zero-order valence-electron chi connectivity index (χ0n) is 60.5. The Morgan fingerprint density at radius 2 is 0.822 bits per heavy atom. The van der Waals surface area contributed by atoms with Gasteiger partial charge < -0.3 is 16.0 Å². The molecule has 0 fully saturated rings. The molecule has 4 aromatic heterocycles. The number of anilines is 9. The van der Waals surface area contributed by atoms with E-state index in [-0.39, 0.29) is 29.5 Å². The van der Waals surface area contributed by atoms with Crippen LogP contribution in [0.2, 0.25) is 0 Å². The van der Waals surface area contributed by atoms with Crippen LogP contribution >= 0.6 is 0 Å². The average Bonchev–Trinajstić information content (AvgIpc) is 1.60. The minimum Gasteiger partial charge on any atom is -0.322 e. The van der Waals surface area contributed by atoms with E-state index >= 15 is 0 Å². The van der Waals surface area contributed by atoms with Gasteiger partial charge in [0.2, 0.25) is 29.6 Å². The molecule has 3 aliphatic heterocycles. The first-order valence-electron chi connectivity index (χ1n) is 34.4. The highest BCUT2D eigenvalue weighted by atomic mass is 19.4. The van der Waals surface area contributed by atoms with Crippen molar-refractivity contribution in [1.82, 2.24) is 35.1 Å². The third-order valence-corrected chi connectivity index (χ3v) is 19.4. The summed E-state index contributed by atoms with van der Waals surface area (Å²) in [5.41, 5.74) is 12.7. The van der Waals surface area contributed by atoms with Gasteiger partial charge in [0, 0.05) is 64.7 Å². The maximum Gasteiger partial charge on any atom is 0.417 e. The number of halogens is 3. The summed E-state index contributed by atoms with van der Waals surface area (Å²) in [5.74, 6) is -1.04. The van der Waals surface area contributed by atoms with Gasteiger partial charge >= 0.3 is 6.18 Å². The second-order valence-electron chi connectivity index (χ2n) is 28.1. The average molecular weight is 1430 g/mol. The number of hydrogen-bond acceptors (Lipinski definition) is 12. The number of amides is 6. The van der Waals surface area contributed by atoms with Gasteiger partial charge in [-0.25, -0.2) is 34.7 Å². The molecule has 0 aliphatic carbocycles. The molecular formula is C85H74F3N13O6. The standard InChI is InChI=1S/C29H26N4O2.C28H23F3N4O2.C28H25N5O2/c1-18-9-13-21(14-10-18)32-26(34)23-17-20(12-11-19(23)2)22-7-5-8-24-25(22)29(3,4)27(35)33(24)28-30-15-6-16-31-28;1-16-7-10-18(11-8-16)34-25(36)21-13-17(9-12-22(21)28(29,30)31)20-5-4-6-23-24(20)27(2,3)26(37)35(23)19-14-32-33-15-19;1-17-9-12-19(13-10-17)31-25(34)24-18(2)11-14-21(32-24)20-7-5-8-22-23(20)28(3,4)26(35)33(22)27-29-15-6-16-30-27/h5-17H,1-4H3,(H,32,34);4-15H,1-3H3,(H,32,33)(H,34,36);5-16H,1-4H3,(H,31,34). The number of nitrogens with one attached hydrogen (secondary N) is 4. The molecule has 107 heavy (non-hydrogen) atoms. The van der Waals surface area contributed by atoms with Gasteiger partial charge in [-0.3, -0.25) is 38.8 Å². The number of aromatic nitrogens is 7. The molecule has 0 saturated heterocycles. The lowest BCUT2D eigenvalue weighted by atomic mass is 9.81. The van der Waals surface area contributed by atoms with Crippen LogP contribution < -0.4 is 30.7 Å². The normalized spacial score (nSPS) is 14.2. The van der Waals surface area contributed by atoms with Crippen LogP contribution in [0.5, 0.6) is 0 Å². The number of alkyl halides is 3. The second-order valence-corrected chi connectivity index (χ2v) is 28.1. The third-order valence-electron chi connectivity index (χ3n) is 19.4. The lowest BCUT2D eigenvalue weighted by Crippen LogP contribution is -2.34. The Kier molecular flexibility index (Phi) is 19.2. The fraction of sp³-hybridized carbons (Fsp3) is 0.176. The molecule has 12 aromatic rings. The molecule has 3 aliphatic rings. The summed E-state index contributed by atoms with van der Waals surface area (Å²) in [6.07, 6.45) is 4.88. The highest BCUT2D eigenvalue weighted by Gasteiger charge is 2.50. The van der Waals surface area contributed by atoms with E-state index in [1.54, 1.807) is 109 Å². The molecule has 19 nitrogen and oxygen atoms in total. The number of H-pyrrole nitrogens is 1. The predicted octanol–water partition coefficient (Wildman–Crippen LogP) is 17.9. The van der Waals surface area contributed by atoms with Gasteiger partial charge in [-0.2, -0.15) is 18.3 Å². The van der Waals surface area contributed by atoms with Crippen LogP contribution in [-0.2, 0) is 36.8 Å². The number of aryl methyl sites for hydroxylation is 5. The monoisotopic (exact) mass is 1430 g/mol. The molecule has 0 radical (unpaired) electrons. The lowest BCUT2D eigenvalue weighted by molar-refractivity contribution is -0.138. The molecule has 0 atom stereocenters. The fourth-order valence-electron chi connectivity index (χ4n) is 13.8. The topological polar surface area (TPSA) is 241 Å². The van der Waals surface area contributed by atoms with Crippen molar-refractivity contribution in [3.63, 3.8) is 0 Å². The Bertz CT molecular complexity index is 5250. The Morgan fingerprint density at radius 3 is 1.27 bits per heavy atom. The molecule has 0 bridgehead atoms. The molecule has 0 saturated carbocycles. The number of benzene rings is 8. The van der Waals surface area contributed by atoms with Crippen molar-refractivity contribution in [1.29, 1.82) is 0 Å². The van der Waals surface area contributed by atoms with Gasteiger partial charge in [-0.05, 0) is 212 Å². The van der Waals surface area contributed by atoms with Crippen molar-refractivity contribution in [3.8, 4) is 33.5 Å². The van der Waals surface area contributed by atoms with E-state index in [9.17, 15) is 41.9 Å². The first kappa shape index (κ1) is 72.3. The molecule has 0 spiro atoms. The first-order chi connectivity index (χ1) is 51.0. The Balaban J connectivity index is 0.000000142. The van der Waals surface area contributed by atoms with Crippen LogP contribution in [0, 0.1) is 34.6 Å². The van der Waals surface area contributed by atoms with Gasteiger partial charge in [0.05, 0.1) is 62.0 Å². The minimum atomic E-state index is -4.73. The summed E-state index contributed by atoms with van der Waals surface area (Å²) < 4.78 is 41.7. The minimum absolute atomic E-state index is 0.0874. The van der Waals surface area contributed by atoms with Gasteiger partial charge in [0.25, 0.3) is 17.7 Å². The molecule has 536 valence electrons. The molecule has 0 unspecified atom stereocenters. The van der Waals surface area contributed by atoms with Crippen LogP contribution in [-0.4, -0.2) is 70.6 Å². The number of nitrogens with zero attached hydrogens (tertiary/aromatic N) is 9. The SMILES string of the molecule is Cc1ccc(NC(=O)c2cc(-c3cccc4c3C(C)(C)C(=O)N4c3cn[nH]c3)ccc2C(F)(F)F)cc1.Cc1ccc(NC(=O)c2cc(-c3cccc4c3C(C)(C)C(=O)N4c3ncccn3)ccc2C)cc1.Cc1ccc(NC(=O)c2nc(-c3cccc4c3C(C)(C)C(=O)N4c3ncccn3)ccc2C)cc1. The van der Waals surface area contributed by atoms with Gasteiger partial charge in [-0.1, -0.05) is 114 Å². The van der Waals surface area contributed by atoms with Gasteiger partial charge in [0.1, 0.15) is 5.69 Å². The van der Waals surface area contributed by atoms with Crippen molar-refractivity contribution in [2.45, 2.75) is 98.6 Å². The van der Waals surface area contributed by atoms with Crippen molar-refractivity contribution in [2.24, 2.45) is 0 Å². The zero-order valence-corrected chi connectivity index (χ0v) is 60.5. The van der Waals surface area contributed by atoms with Crippen LogP contribution in [0.4, 0.5) is 64.9 Å². The highest BCUT2D eigenvalue weighted by Crippen LogP contribution is 2.53. The summed E-state index contributed by atoms with van der Waals surface area (Å²) in [6, 6.07) is 55.5. The zero-order chi connectivity index (χ0) is 76.0. The summed E-state index contributed by atoms with van der Waals surface area (Å²) in [6.45, 7) is 20.8. The van der Waals surface area contributed by atoms with Crippen molar-refractivity contribution < 1.29 is 41.9 Å². The molecule has 4 N–H and O–H groups in total. The smallest absolute Gasteiger partial charge is 0.322 e. The number of carbonyl (C=O) groups is 6. The fourth-order valence-corrected chi connectivity index (χ4v) is 13.8. The van der Waals surface area contributed by atoms with Gasteiger partial charge in [-0.15, -0.1) is 0 Å². The number of carbonyl (C=O) groups excluding carboxylic acids is 6. The first-order valence-corrected chi connectivity index (χ1v) is 34.4. The summed E-state index contributed by atoms with van der Waals surface area (Å²) in [5, 5.41) is 15.1. The molecule has 15 rings (SSSR count). The molecule has 22 heteroatoms. The number of pyridine rings is 1. The van der Waals surface area contributed by atoms with E-state index < -0.39 is 39.5 Å². The van der Waals surface area contributed by atoms with E-state index in [1.165, 1.54) is 23.2 Å². The molecule has 6 amide bonds. The maximum atomic E-state index is 13.9. The van der Waals surface area contributed by atoms with Crippen molar-refractivity contribution >= 4 is 87.2 Å². The third kappa shape index (κ3) is 13.9. The Morgan fingerprint density at radius 1 is 0.430 bits per heavy atom. The predicted molar refractivity (Wildman–Crippen MR) is 408 cm³/mol. The molecular weight excluding hydrogens is 1360 g/mol. The summed E-state index contributed by atoms with van der Waals surface area (Å²) in [7, 11) is 0. The van der Waals surface area contributed by atoms with Crippen LogP contribution in [0.3, 0.4) is 0 Å². The number of aromatic amines is 1. The number of hydrogen-bond donors (Lipinski definition) is 4. The maximum absolute atomic E-state index is 13.9. The van der Waals surface area contributed by atoms with E-state index in [4.69, 9.17) is 4.98 Å². The Hall–Kier alpha value is -13.1. The highest BCUT2D eigenvalue weighted by molar-refractivity contribution is 6.17. The van der Waals surface area contributed by atoms with E-state index in [1.807, 2.05) is 178 Å².